The molecule has 7 nitrogen and oxygen atoms in total. The summed E-state index contributed by atoms with van der Waals surface area (Å²) >= 11 is 0. The average Bonchev–Trinajstić information content (AvgIpc) is 2.85. The molecule has 0 saturated carbocycles. The van der Waals surface area contributed by atoms with E-state index >= 15 is 0 Å². The summed E-state index contributed by atoms with van der Waals surface area (Å²) in [7, 11) is 0. The molecule has 0 bridgehead atoms. The molecule has 34 heavy (non-hydrogen) atoms. The third-order valence-corrected chi connectivity index (χ3v) is 5.17. The fraction of sp³-hybridized carbons (Fsp3) is 0.222. The van der Waals surface area contributed by atoms with Crippen LogP contribution in [0.4, 0.5) is 22.7 Å². The van der Waals surface area contributed by atoms with Crippen molar-refractivity contribution >= 4 is 40.5 Å². The highest BCUT2D eigenvalue weighted by Crippen LogP contribution is 2.18. The van der Waals surface area contributed by atoms with Gasteiger partial charge in [-0.3, -0.25) is 14.4 Å². The van der Waals surface area contributed by atoms with Crippen molar-refractivity contribution in [1.82, 2.24) is 0 Å². The highest BCUT2D eigenvalue weighted by molar-refractivity contribution is 6.06. The van der Waals surface area contributed by atoms with E-state index in [1.54, 1.807) is 53.4 Å². The van der Waals surface area contributed by atoms with Gasteiger partial charge in [-0.2, -0.15) is 0 Å². The zero-order valence-electron chi connectivity index (χ0n) is 19.7. The Morgan fingerprint density at radius 3 is 1.91 bits per heavy atom. The summed E-state index contributed by atoms with van der Waals surface area (Å²) in [4.78, 5) is 38.7. The lowest BCUT2D eigenvalue weighted by Crippen LogP contribution is -2.30. The van der Waals surface area contributed by atoms with Crippen molar-refractivity contribution in [3.05, 3.63) is 84.4 Å². The van der Waals surface area contributed by atoms with Gasteiger partial charge in [0.15, 0.2) is 0 Å². The van der Waals surface area contributed by atoms with Gasteiger partial charge in [0.2, 0.25) is 11.8 Å². The van der Waals surface area contributed by atoms with Gasteiger partial charge in [-0.15, -0.1) is 0 Å². The Balaban J connectivity index is 1.52. The van der Waals surface area contributed by atoms with Crippen LogP contribution in [-0.4, -0.2) is 30.8 Å². The molecule has 0 aliphatic carbocycles. The van der Waals surface area contributed by atoms with Gasteiger partial charge in [0, 0.05) is 40.8 Å². The third kappa shape index (κ3) is 6.68. The van der Waals surface area contributed by atoms with Gasteiger partial charge in [-0.1, -0.05) is 32.0 Å². The molecule has 3 N–H and O–H groups in total. The van der Waals surface area contributed by atoms with Gasteiger partial charge in [0.25, 0.3) is 5.91 Å². The minimum absolute atomic E-state index is 0.0460. The van der Waals surface area contributed by atoms with Crippen LogP contribution in [0.2, 0.25) is 0 Å². The lowest BCUT2D eigenvalue weighted by atomic mass is 10.1. The topological polar surface area (TPSA) is 90.5 Å². The first-order chi connectivity index (χ1) is 16.4. The summed E-state index contributed by atoms with van der Waals surface area (Å²) in [5.74, 6) is -0.449. The monoisotopic (exact) mass is 458 g/mol. The van der Waals surface area contributed by atoms with Crippen LogP contribution in [0.3, 0.4) is 0 Å². The molecule has 0 spiro atoms. The minimum Gasteiger partial charge on any atom is -0.376 e. The Hall–Kier alpha value is -4.13. The maximum Gasteiger partial charge on any atom is 0.258 e. The number of nitrogens with one attached hydrogen (secondary N) is 3. The van der Waals surface area contributed by atoms with Gasteiger partial charge in [0.05, 0.1) is 6.54 Å². The van der Waals surface area contributed by atoms with Crippen LogP contribution in [0, 0.1) is 5.92 Å². The molecule has 3 aromatic rings. The van der Waals surface area contributed by atoms with Gasteiger partial charge in [0.1, 0.15) is 0 Å². The van der Waals surface area contributed by atoms with E-state index < -0.39 is 0 Å². The summed E-state index contributed by atoms with van der Waals surface area (Å²) in [5, 5.41) is 8.70. The van der Waals surface area contributed by atoms with Crippen molar-refractivity contribution in [1.29, 1.82) is 0 Å². The maximum absolute atomic E-state index is 12.9. The molecule has 0 aromatic heterocycles. The number of anilines is 4. The van der Waals surface area contributed by atoms with E-state index in [1.807, 2.05) is 51.1 Å². The van der Waals surface area contributed by atoms with E-state index in [0.717, 1.165) is 11.4 Å². The summed E-state index contributed by atoms with van der Waals surface area (Å²) in [6.07, 6.45) is 0. The molecule has 0 aliphatic rings. The molecule has 0 radical (unpaired) electrons. The van der Waals surface area contributed by atoms with Gasteiger partial charge in [-0.05, 0) is 67.6 Å². The number of benzene rings is 3. The van der Waals surface area contributed by atoms with Crippen molar-refractivity contribution in [3.63, 3.8) is 0 Å². The van der Waals surface area contributed by atoms with Crippen LogP contribution >= 0.6 is 0 Å². The molecule has 0 unspecified atom stereocenters. The second-order valence-corrected chi connectivity index (χ2v) is 8.09. The average molecular weight is 459 g/mol. The van der Waals surface area contributed by atoms with Crippen LogP contribution in [0.15, 0.2) is 78.9 Å². The normalized spacial score (nSPS) is 10.5. The number of nitrogens with zero attached hydrogens (tertiary/aromatic N) is 1. The van der Waals surface area contributed by atoms with Gasteiger partial charge in [-0.25, -0.2) is 0 Å². The van der Waals surface area contributed by atoms with Crippen LogP contribution in [0.5, 0.6) is 0 Å². The first-order valence-corrected chi connectivity index (χ1v) is 11.3. The van der Waals surface area contributed by atoms with Gasteiger partial charge < -0.3 is 20.9 Å². The fourth-order valence-electron chi connectivity index (χ4n) is 3.25. The first-order valence-electron chi connectivity index (χ1n) is 11.3. The molecule has 0 saturated heterocycles. The largest absolute Gasteiger partial charge is 0.376 e. The van der Waals surface area contributed by atoms with E-state index in [-0.39, 0.29) is 30.2 Å². The van der Waals surface area contributed by atoms with Crippen molar-refractivity contribution < 1.29 is 14.4 Å². The van der Waals surface area contributed by atoms with Crippen molar-refractivity contribution in [3.8, 4) is 0 Å². The molecular weight excluding hydrogens is 428 g/mol. The molecule has 0 fully saturated rings. The van der Waals surface area contributed by atoms with Crippen LogP contribution in [0.25, 0.3) is 0 Å². The summed E-state index contributed by atoms with van der Waals surface area (Å²) in [5.41, 5.74) is 3.47. The summed E-state index contributed by atoms with van der Waals surface area (Å²) in [6, 6.07) is 23.5. The summed E-state index contributed by atoms with van der Waals surface area (Å²) < 4.78 is 0. The predicted molar refractivity (Wildman–Crippen MR) is 137 cm³/mol. The Bertz CT molecular complexity index is 1110. The van der Waals surface area contributed by atoms with Crippen LogP contribution < -0.4 is 20.9 Å². The van der Waals surface area contributed by atoms with E-state index in [4.69, 9.17) is 0 Å². The smallest absolute Gasteiger partial charge is 0.258 e. The molecule has 3 amide bonds. The minimum atomic E-state index is -0.212. The Labute approximate surface area is 200 Å². The molecule has 0 heterocycles. The van der Waals surface area contributed by atoms with Crippen molar-refractivity contribution in [2.24, 2.45) is 5.92 Å². The predicted octanol–water partition coefficient (Wildman–Crippen LogP) is 5.00. The zero-order valence-corrected chi connectivity index (χ0v) is 19.7. The molecule has 176 valence electrons. The quantitative estimate of drug-likeness (QED) is 0.421. The van der Waals surface area contributed by atoms with Crippen LogP contribution in [-0.2, 0) is 9.59 Å². The molecule has 7 heteroatoms. The number of hydrogen-bond donors (Lipinski definition) is 3. The molecule has 3 rings (SSSR count). The number of rotatable bonds is 9. The highest BCUT2D eigenvalue weighted by atomic mass is 16.2. The van der Waals surface area contributed by atoms with Crippen molar-refractivity contribution in [2.45, 2.75) is 20.8 Å². The Morgan fingerprint density at radius 1 is 0.765 bits per heavy atom. The number of carbonyl (C=O) groups is 3. The fourth-order valence-corrected chi connectivity index (χ4v) is 3.25. The number of amides is 3. The molecular formula is C27H30N4O3. The first kappa shape index (κ1) is 24.5. The zero-order chi connectivity index (χ0) is 24.5. The molecule has 0 atom stereocenters. The number of para-hydroxylation sites is 1. The van der Waals surface area contributed by atoms with Crippen LogP contribution in [0.1, 0.15) is 31.1 Å². The van der Waals surface area contributed by atoms with E-state index in [1.165, 1.54) is 0 Å². The number of carbonyl (C=O) groups excluding carboxylic acids is 3. The number of hydrogen-bond acceptors (Lipinski definition) is 4. The van der Waals surface area contributed by atoms with Gasteiger partial charge >= 0.3 is 0 Å². The lowest BCUT2D eigenvalue weighted by molar-refractivity contribution is -0.119. The maximum atomic E-state index is 12.9. The highest BCUT2D eigenvalue weighted by Gasteiger charge is 2.16. The second-order valence-electron chi connectivity index (χ2n) is 8.09. The van der Waals surface area contributed by atoms with Crippen molar-refractivity contribution in [2.75, 3.05) is 33.9 Å². The molecule has 0 aliphatic heterocycles. The SMILES string of the molecule is CCN(C(=O)c1ccc(NC(=O)CNc2ccc(NC(=O)C(C)C)cc2)cc1)c1ccccc1. The Morgan fingerprint density at radius 2 is 1.32 bits per heavy atom. The summed E-state index contributed by atoms with van der Waals surface area (Å²) in [6.45, 7) is 6.23. The lowest BCUT2D eigenvalue weighted by Gasteiger charge is -2.21. The van der Waals surface area contributed by atoms with E-state index in [9.17, 15) is 14.4 Å². The van der Waals surface area contributed by atoms with E-state index in [2.05, 4.69) is 16.0 Å². The standard InChI is InChI=1S/C27H30N4O3/c1-4-31(24-8-6-5-7-9-24)27(34)20-10-12-22(13-11-20)29-25(32)18-28-21-14-16-23(17-15-21)30-26(33)19(2)3/h5-17,19,28H,4,18H2,1-3H3,(H,29,32)(H,30,33). The Kier molecular flexibility index (Phi) is 8.40. The molecule has 3 aromatic carbocycles. The van der Waals surface area contributed by atoms with E-state index in [0.29, 0.717) is 23.5 Å². The second kappa shape index (κ2) is 11.7. The third-order valence-electron chi connectivity index (χ3n) is 5.17.